The Kier molecular flexibility index (Phi) is 3.78. The standard InChI is InChI=1S/C14H15N5/c15-13(16)19-14(17)18-12-8-6-11(7-9-12)10-4-2-1-3-5-10/h1-9H,(H6,15,16,17,18,19). The largest absolute Gasteiger partial charge is 0.370 e. The molecule has 6 N–H and O–H groups in total. The molecule has 0 aliphatic rings. The first-order valence-corrected chi connectivity index (χ1v) is 5.77. The van der Waals surface area contributed by atoms with Crippen molar-refractivity contribution in [2.45, 2.75) is 0 Å². The summed E-state index contributed by atoms with van der Waals surface area (Å²) < 4.78 is 0. The van der Waals surface area contributed by atoms with Crippen LogP contribution in [0, 0.1) is 10.8 Å². The third-order valence-electron chi connectivity index (χ3n) is 2.52. The number of nitrogens with one attached hydrogen (secondary N) is 4. The molecule has 2 rings (SSSR count). The molecular formula is C14H15N5. The first-order valence-electron chi connectivity index (χ1n) is 5.77. The van der Waals surface area contributed by atoms with Crippen LogP contribution in [0.15, 0.2) is 54.6 Å². The Labute approximate surface area is 111 Å². The lowest BCUT2D eigenvalue weighted by atomic mass is 10.1. The fourth-order valence-corrected chi connectivity index (χ4v) is 1.69. The zero-order valence-electron chi connectivity index (χ0n) is 10.3. The molecule has 0 unspecified atom stereocenters. The second kappa shape index (κ2) is 5.68. The molecule has 0 atom stereocenters. The van der Waals surface area contributed by atoms with Gasteiger partial charge in [0.25, 0.3) is 0 Å². The van der Waals surface area contributed by atoms with Crippen LogP contribution in [-0.4, -0.2) is 11.9 Å². The number of rotatable bonds is 2. The summed E-state index contributed by atoms with van der Waals surface area (Å²) in [6.07, 6.45) is 0. The molecule has 0 heterocycles. The van der Waals surface area contributed by atoms with Crippen molar-refractivity contribution in [3.05, 3.63) is 54.6 Å². The second-order valence-electron chi connectivity index (χ2n) is 3.98. The van der Waals surface area contributed by atoms with Gasteiger partial charge < -0.3 is 11.1 Å². The minimum atomic E-state index is -0.265. The predicted octanol–water partition coefficient (Wildman–Crippen LogP) is 2.18. The molecule has 0 saturated heterocycles. The van der Waals surface area contributed by atoms with Crippen molar-refractivity contribution >= 4 is 17.6 Å². The van der Waals surface area contributed by atoms with E-state index in [0.717, 1.165) is 16.8 Å². The number of anilines is 1. The molecule has 0 bridgehead atoms. The average molecular weight is 253 g/mol. The molecule has 0 aliphatic heterocycles. The number of benzene rings is 2. The van der Waals surface area contributed by atoms with Crippen LogP contribution in [0.3, 0.4) is 0 Å². The van der Waals surface area contributed by atoms with E-state index in [4.69, 9.17) is 16.6 Å². The number of nitrogens with two attached hydrogens (primary N) is 1. The Morgan fingerprint density at radius 1 is 0.842 bits per heavy atom. The minimum Gasteiger partial charge on any atom is -0.370 e. The predicted molar refractivity (Wildman–Crippen MR) is 78.3 cm³/mol. The quantitative estimate of drug-likeness (QED) is 0.419. The van der Waals surface area contributed by atoms with Crippen LogP contribution in [0.1, 0.15) is 0 Å². The lowest BCUT2D eigenvalue weighted by Gasteiger charge is -2.09. The highest BCUT2D eigenvalue weighted by Gasteiger charge is 2.00. The summed E-state index contributed by atoms with van der Waals surface area (Å²) in [4.78, 5) is 0. The monoisotopic (exact) mass is 253 g/mol. The number of guanidine groups is 2. The molecule has 0 aliphatic carbocycles. The van der Waals surface area contributed by atoms with Gasteiger partial charge in [0.15, 0.2) is 11.9 Å². The highest BCUT2D eigenvalue weighted by atomic mass is 15.2. The van der Waals surface area contributed by atoms with E-state index in [-0.39, 0.29) is 11.9 Å². The molecule has 0 amide bonds. The van der Waals surface area contributed by atoms with Crippen LogP contribution in [0.5, 0.6) is 0 Å². The van der Waals surface area contributed by atoms with Gasteiger partial charge in [0.05, 0.1) is 0 Å². The number of hydrogen-bond acceptors (Lipinski definition) is 2. The van der Waals surface area contributed by atoms with E-state index in [1.165, 1.54) is 0 Å². The van der Waals surface area contributed by atoms with Crippen molar-refractivity contribution in [3.8, 4) is 11.1 Å². The molecule has 0 radical (unpaired) electrons. The van der Waals surface area contributed by atoms with Gasteiger partial charge >= 0.3 is 0 Å². The number of hydrogen-bond donors (Lipinski definition) is 5. The SMILES string of the molecule is N=C(N)NC(=N)Nc1ccc(-c2ccccc2)cc1. The van der Waals surface area contributed by atoms with E-state index in [0.29, 0.717) is 0 Å². The smallest absolute Gasteiger partial charge is 0.199 e. The van der Waals surface area contributed by atoms with Crippen molar-refractivity contribution in [3.63, 3.8) is 0 Å². The van der Waals surface area contributed by atoms with Gasteiger partial charge in [-0.05, 0) is 23.3 Å². The summed E-state index contributed by atoms with van der Waals surface area (Å²) in [6.45, 7) is 0. The van der Waals surface area contributed by atoms with Gasteiger partial charge in [0, 0.05) is 5.69 Å². The van der Waals surface area contributed by atoms with Crippen molar-refractivity contribution in [2.24, 2.45) is 5.73 Å². The summed E-state index contributed by atoms with van der Waals surface area (Å²) in [5.41, 5.74) is 8.15. The van der Waals surface area contributed by atoms with Gasteiger partial charge in [-0.15, -0.1) is 0 Å². The van der Waals surface area contributed by atoms with Crippen LogP contribution >= 0.6 is 0 Å². The Balaban J connectivity index is 2.07. The van der Waals surface area contributed by atoms with Crippen LogP contribution in [-0.2, 0) is 0 Å². The van der Waals surface area contributed by atoms with E-state index in [1.54, 1.807) is 0 Å². The maximum atomic E-state index is 7.53. The fraction of sp³-hybridized carbons (Fsp3) is 0. The zero-order chi connectivity index (χ0) is 13.7. The van der Waals surface area contributed by atoms with Gasteiger partial charge in [0.2, 0.25) is 0 Å². The molecule has 5 heteroatoms. The Hall–Kier alpha value is -2.82. The van der Waals surface area contributed by atoms with Crippen LogP contribution in [0.2, 0.25) is 0 Å². The lowest BCUT2D eigenvalue weighted by molar-refractivity contribution is 1.20. The Morgan fingerprint density at radius 2 is 1.42 bits per heavy atom. The minimum absolute atomic E-state index is 0.0278. The summed E-state index contributed by atoms with van der Waals surface area (Å²) in [5, 5.41) is 19.7. The topological polar surface area (TPSA) is 97.8 Å². The molecule has 5 nitrogen and oxygen atoms in total. The first kappa shape index (κ1) is 12.6. The summed E-state index contributed by atoms with van der Waals surface area (Å²) >= 11 is 0. The van der Waals surface area contributed by atoms with Crippen LogP contribution in [0.25, 0.3) is 11.1 Å². The van der Waals surface area contributed by atoms with E-state index >= 15 is 0 Å². The van der Waals surface area contributed by atoms with E-state index in [1.807, 2.05) is 54.6 Å². The first-order chi connectivity index (χ1) is 9.15. The molecule has 96 valence electrons. The fourth-order valence-electron chi connectivity index (χ4n) is 1.69. The summed E-state index contributed by atoms with van der Waals surface area (Å²) in [7, 11) is 0. The molecule has 2 aromatic carbocycles. The normalized spacial score (nSPS) is 9.68. The molecule has 0 saturated carbocycles. The van der Waals surface area contributed by atoms with Gasteiger partial charge in [-0.3, -0.25) is 16.1 Å². The van der Waals surface area contributed by atoms with Crippen LogP contribution in [0.4, 0.5) is 5.69 Å². The van der Waals surface area contributed by atoms with E-state index < -0.39 is 0 Å². The van der Waals surface area contributed by atoms with Crippen molar-refractivity contribution in [2.75, 3.05) is 5.32 Å². The van der Waals surface area contributed by atoms with Gasteiger partial charge in [-0.25, -0.2) is 0 Å². The van der Waals surface area contributed by atoms with Crippen molar-refractivity contribution in [1.29, 1.82) is 10.8 Å². The van der Waals surface area contributed by atoms with Crippen molar-refractivity contribution in [1.82, 2.24) is 5.32 Å². The van der Waals surface area contributed by atoms with Crippen molar-refractivity contribution < 1.29 is 0 Å². The molecular weight excluding hydrogens is 238 g/mol. The Bertz CT molecular complexity index is 575. The second-order valence-corrected chi connectivity index (χ2v) is 3.98. The summed E-state index contributed by atoms with van der Waals surface area (Å²) in [6, 6.07) is 17.7. The van der Waals surface area contributed by atoms with Gasteiger partial charge in [-0.2, -0.15) is 0 Å². The molecule has 0 spiro atoms. The molecule has 0 fully saturated rings. The third kappa shape index (κ3) is 3.57. The van der Waals surface area contributed by atoms with Gasteiger partial charge in [0.1, 0.15) is 0 Å². The van der Waals surface area contributed by atoms with E-state index in [2.05, 4.69) is 10.6 Å². The van der Waals surface area contributed by atoms with E-state index in [9.17, 15) is 0 Å². The highest BCUT2D eigenvalue weighted by molar-refractivity contribution is 6.02. The lowest BCUT2D eigenvalue weighted by Crippen LogP contribution is -2.39. The Morgan fingerprint density at radius 3 is 2.00 bits per heavy atom. The molecule has 19 heavy (non-hydrogen) atoms. The zero-order valence-corrected chi connectivity index (χ0v) is 10.3. The molecule has 0 aromatic heterocycles. The maximum Gasteiger partial charge on any atom is 0.199 e. The van der Waals surface area contributed by atoms with Crippen LogP contribution < -0.4 is 16.4 Å². The van der Waals surface area contributed by atoms with Gasteiger partial charge in [-0.1, -0.05) is 42.5 Å². The summed E-state index contributed by atoms with van der Waals surface area (Å²) in [5.74, 6) is -0.293. The maximum absolute atomic E-state index is 7.53. The third-order valence-corrected chi connectivity index (χ3v) is 2.52. The molecule has 2 aromatic rings. The average Bonchev–Trinajstić information content (AvgIpc) is 2.39. The highest BCUT2D eigenvalue weighted by Crippen LogP contribution is 2.20.